The van der Waals surface area contributed by atoms with Gasteiger partial charge in [-0.2, -0.15) is 0 Å². The molecule has 0 aliphatic carbocycles. The quantitative estimate of drug-likeness (QED) is 0.153. The summed E-state index contributed by atoms with van der Waals surface area (Å²) in [5.74, 6) is 0.614. The molecule has 0 heterocycles. The molecule has 140 valence electrons. The van der Waals surface area contributed by atoms with Crippen molar-refractivity contribution in [2.45, 2.75) is 26.2 Å². The molecule has 1 aromatic rings. The summed E-state index contributed by atoms with van der Waals surface area (Å²) in [5.41, 5.74) is 1.72. The molecule has 0 spiro atoms. The van der Waals surface area contributed by atoms with Crippen molar-refractivity contribution in [3.05, 3.63) is 48.0 Å². The monoisotopic (exact) mass is 459 g/mol. The van der Waals surface area contributed by atoms with Crippen LogP contribution in [0.25, 0.3) is 0 Å². The van der Waals surface area contributed by atoms with Crippen molar-refractivity contribution >= 4 is 35.9 Å². The first-order valence-corrected chi connectivity index (χ1v) is 8.40. The zero-order chi connectivity index (χ0) is 17.8. The van der Waals surface area contributed by atoms with Crippen LogP contribution in [0.2, 0.25) is 0 Å². The van der Waals surface area contributed by atoms with Gasteiger partial charge in [-0.3, -0.25) is 4.99 Å². The molecule has 0 atom stereocenters. The molecule has 5 nitrogen and oxygen atoms in total. The lowest BCUT2D eigenvalue weighted by Gasteiger charge is -2.21. The summed E-state index contributed by atoms with van der Waals surface area (Å²) in [6, 6.07) is 7.47. The first-order chi connectivity index (χ1) is 11.6. The van der Waals surface area contributed by atoms with E-state index in [0.717, 1.165) is 43.9 Å². The Balaban J connectivity index is 0.00000576. The molecule has 6 heteroatoms. The lowest BCUT2D eigenvalue weighted by molar-refractivity contribution is 0.0600. The number of unbranched alkanes of at least 4 members (excludes halogenated alkanes) is 1. The molecule has 0 saturated carbocycles. The van der Waals surface area contributed by atoms with Crippen molar-refractivity contribution in [3.63, 3.8) is 0 Å². The van der Waals surface area contributed by atoms with Gasteiger partial charge in [0.2, 0.25) is 0 Å². The number of methoxy groups -OCH3 is 1. The minimum atomic E-state index is -0.310. The van der Waals surface area contributed by atoms with Crippen molar-refractivity contribution in [2.24, 2.45) is 4.99 Å². The van der Waals surface area contributed by atoms with Gasteiger partial charge in [0.25, 0.3) is 0 Å². The number of hydrogen-bond donors (Lipinski definition) is 1. The summed E-state index contributed by atoms with van der Waals surface area (Å²) in [6.07, 6.45) is 4.85. The summed E-state index contributed by atoms with van der Waals surface area (Å²) < 4.78 is 4.70. The average molecular weight is 459 g/mol. The van der Waals surface area contributed by atoms with E-state index in [4.69, 9.17) is 4.74 Å². The third-order valence-corrected chi connectivity index (χ3v) is 3.64. The lowest BCUT2D eigenvalue weighted by Crippen LogP contribution is -2.39. The van der Waals surface area contributed by atoms with Gasteiger partial charge >= 0.3 is 5.97 Å². The maximum absolute atomic E-state index is 11.4. The largest absolute Gasteiger partial charge is 0.465 e. The highest BCUT2D eigenvalue weighted by molar-refractivity contribution is 14.0. The maximum atomic E-state index is 11.4. The number of hydrogen-bond acceptors (Lipinski definition) is 3. The van der Waals surface area contributed by atoms with E-state index >= 15 is 0 Å². The van der Waals surface area contributed by atoms with Gasteiger partial charge in [0.15, 0.2) is 5.96 Å². The number of ether oxygens (including phenoxy) is 1. The van der Waals surface area contributed by atoms with Crippen LogP contribution in [0.1, 0.15) is 35.7 Å². The summed E-state index contributed by atoms with van der Waals surface area (Å²) in [6.45, 7) is 8.31. The van der Waals surface area contributed by atoms with Gasteiger partial charge in [-0.1, -0.05) is 18.2 Å². The van der Waals surface area contributed by atoms with E-state index in [2.05, 4.69) is 35.8 Å². The van der Waals surface area contributed by atoms with Crippen molar-refractivity contribution in [2.75, 3.05) is 33.8 Å². The molecule has 0 amide bonds. The van der Waals surface area contributed by atoms with Gasteiger partial charge in [0.05, 0.1) is 12.7 Å². The van der Waals surface area contributed by atoms with E-state index in [1.807, 2.05) is 18.2 Å². The van der Waals surface area contributed by atoms with Crippen LogP contribution in [0.15, 0.2) is 41.9 Å². The van der Waals surface area contributed by atoms with E-state index in [0.29, 0.717) is 12.1 Å². The zero-order valence-corrected chi connectivity index (χ0v) is 17.8. The number of carbonyl (C=O) groups is 1. The van der Waals surface area contributed by atoms with Crippen molar-refractivity contribution in [3.8, 4) is 0 Å². The first-order valence-electron chi connectivity index (χ1n) is 8.40. The van der Waals surface area contributed by atoms with Gasteiger partial charge in [-0.25, -0.2) is 4.79 Å². The Morgan fingerprint density at radius 3 is 2.60 bits per heavy atom. The number of carbonyl (C=O) groups excluding carboxylic acids is 1. The molecule has 0 bridgehead atoms. The van der Waals surface area contributed by atoms with Crippen LogP contribution in [0.3, 0.4) is 0 Å². The van der Waals surface area contributed by atoms with Crippen LogP contribution in [0.5, 0.6) is 0 Å². The molecule has 0 aliphatic heterocycles. The van der Waals surface area contributed by atoms with Gasteiger partial charge in [0.1, 0.15) is 0 Å². The van der Waals surface area contributed by atoms with E-state index in [-0.39, 0.29) is 29.9 Å². The van der Waals surface area contributed by atoms with E-state index in [1.54, 1.807) is 12.1 Å². The maximum Gasteiger partial charge on any atom is 0.337 e. The Morgan fingerprint density at radius 1 is 1.36 bits per heavy atom. The minimum Gasteiger partial charge on any atom is -0.465 e. The minimum absolute atomic E-state index is 0. The van der Waals surface area contributed by atoms with Crippen molar-refractivity contribution < 1.29 is 9.53 Å². The number of nitrogens with one attached hydrogen (secondary N) is 1. The standard InChI is InChI=1S/C19H29N3O2.HI/c1-5-7-8-15-22(3)19(20-6-2)21-14-13-16-9-11-17(12-10-16)18(23)24-4;/h5,9-12H,1,6-8,13-15H2,2-4H3,(H,20,21);1H. The van der Waals surface area contributed by atoms with Gasteiger partial charge < -0.3 is 15.0 Å². The molecular formula is C19H30IN3O2. The Labute approximate surface area is 168 Å². The first kappa shape index (κ1) is 23.4. The molecule has 1 rings (SSSR count). The van der Waals surface area contributed by atoms with E-state index in [1.165, 1.54) is 7.11 Å². The Bertz CT molecular complexity index is 544. The SMILES string of the molecule is C=CCCCN(C)C(=NCCc1ccc(C(=O)OC)cc1)NCC.I. The number of benzene rings is 1. The lowest BCUT2D eigenvalue weighted by atomic mass is 10.1. The molecule has 1 N–H and O–H groups in total. The molecule has 0 unspecified atom stereocenters. The van der Waals surface area contributed by atoms with Gasteiger partial charge in [-0.15, -0.1) is 30.6 Å². The average Bonchev–Trinajstić information content (AvgIpc) is 2.61. The number of halogens is 1. The molecule has 0 fully saturated rings. The van der Waals surface area contributed by atoms with Crippen LogP contribution in [0.4, 0.5) is 0 Å². The number of aliphatic imine (C=N–C) groups is 1. The Hall–Kier alpha value is -1.57. The summed E-state index contributed by atoms with van der Waals surface area (Å²) in [4.78, 5) is 18.2. The van der Waals surface area contributed by atoms with E-state index < -0.39 is 0 Å². The second-order valence-electron chi connectivity index (χ2n) is 5.53. The molecule has 0 aromatic heterocycles. The highest BCUT2D eigenvalue weighted by Crippen LogP contribution is 2.06. The number of allylic oxidation sites excluding steroid dienone is 1. The third kappa shape index (κ3) is 8.90. The zero-order valence-electron chi connectivity index (χ0n) is 15.5. The fraction of sp³-hybridized carbons (Fsp3) is 0.474. The number of guanidine groups is 1. The normalized spacial score (nSPS) is 10.6. The summed E-state index contributed by atoms with van der Waals surface area (Å²) in [5, 5.41) is 3.32. The molecule has 0 aliphatic rings. The number of rotatable bonds is 9. The highest BCUT2D eigenvalue weighted by atomic mass is 127. The van der Waals surface area contributed by atoms with Crippen LogP contribution >= 0.6 is 24.0 Å². The Kier molecular flexibility index (Phi) is 12.8. The molecule has 1 aromatic carbocycles. The summed E-state index contributed by atoms with van der Waals surface area (Å²) in [7, 11) is 3.44. The van der Waals surface area contributed by atoms with Crippen LogP contribution in [-0.2, 0) is 11.2 Å². The molecule has 0 radical (unpaired) electrons. The summed E-state index contributed by atoms with van der Waals surface area (Å²) >= 11 is 0. The molecule has 25 heavy (non-hydrogen) atoms. The predicted molar refractivity (Wildman–Crippen MR) is 115 cm³/mol. The third-order valence-electron chi connectivity index (χ3n) is 3.64. The van der Waals surface area contributed by atoms with Crippen LogP contribution < -0.4 is 5.32 Å². The Morgan fingerprint density at radius 2 is 2.04 bits per heavy atom. The topological polar surface area (TPSA) is 53.9 Å². The predicted octanol–water partition coefficient (Wildman–Crippen LogP) is 3.50. The second kappa shape index (κ2) is 13.7. The van der Waals surface area contributed by atoms with E-state index in [9.17, 15) is 4.79 Å². The highest BCUT2D eigenvalue weighted by Gasteiger charge is 2.06. The molecule has 0 saturated heterocycles. The fourth-order valence-corrected chi connectivity index (χ4v) is 2.26. The van der Waals surface area contributed by atoms with Gasteiger partial charge in [0, 0.05) is 26.7 Å². The van der Waals surface area contributed by atoms with Crippen LogP contribution in [0, 0.1) is 0 Å². The number of esters is 1. The van der Waals surface area contributed by atoms with Crippen molar-refractivity contribution in [1.82, 2.24) is 10.2 Å². The second-order valence-corrected chi connectivity index (χ2v) is 5.53. The fourth-order valence-electron chi connectivity index (χ4n) is 2.26. The molecular weight excluding hydrogens is 429 g/mol. The van der Waals surface area contributed by atoms with Gasteiger partial charge in [-0.05, 0) is 43.9 Å². The van der Waals surface area contributed by atoms with Crippen molar-refractivity contribution in [1.29, 1.82) is 0 Å². The van der Waals surface area contributed by atoms with Crippen LogP contribution in [-0.4, -0.2) is 50.6 Å². The smallest absolute Gasteiger partial charge is 0.337 e. The number of nitrogens with zero attached hydrogens (tertiary/aromatic N) is 2.